The van der Waals surface area contributed by atoms with Crippen LogP contribution in [0.4, 0.5) is 15.8 Å². The zero-order valence-electron chi connectivity index (χ0n) is 16.8. The van der Waals surface area contributed by atoms with Crippen LogP contribution in [0.1, 0.15) is 13.8 Å². The predicted octanol–water partition coefficient (Wildman–Crippen LogP) is 2.93. The van der Waals surface area contributed by atoms with Gasteiger partial charge in [0.1, 0.15) is 18.1 Å². The molecule has 29 heavy (non-hydrogen) atoms. The fourth-order valence-corrected chi connectivity index (χ4v) is 3.46. The van der Waals surface area contributed by atoms with Gasteiger partial charge in [0.25, 0.3) is 0 Å². The summed E-state index contributed by atoms with van der Waals surface area (Å²) in [5, 5.41) is 0. The normalized spacial score (nSPS) is 13.9. The minimum absolute atomic E-state index is 0.0564. The van der Waals surface area contributed by atoms with Crippen molar-refractivity contribution in [2.75, 3.05) is 49.1 Å². The Labute approximate surface area is 170 Å². The number of benzene rings is 2. The van der Waals surface area contributed by atoms with E-state index in [1.165, 1.54) is 17.9 Å². The molecule has 0 spiro atoms. The summed E-state index contributed by atoms with van der Waals surface area (Å²) in [5.74, 6) is -0.0554. The lowest BCUT2D eigenvalue weighted by molar-refractivity contribution is -0.131. The van der Waals surface area contributed by atoms with Crippen molar-refractivity contribution in [2.24, 2.45) is 0 Å². The summed E-state index contributed by atoms with van der Waals surface area (Å²) >= 11 is 0. The number of para-hydroxylation sites is 3. The standard InChI is InChI=1S/C22H26FN3O3/c1-3-29-21-11-7-6-10-20(21)26(17(2)27)16-22(28)25-14-12-24(13-15-25)19-9-5-4-8-18(19)23/h4-11H,3,12-16H2,1-2H3. The van der Waals surface area contributed by atoms with Gasteiger partial charge >= 0.3 is 0 Å². The Kier molecular flexibility index (Phi) is 6.69. The van der Waals surface area contributed by atoms with E-state index in [1.807, 2.05) is 24.0 Å². The van der Waals surface area contributed by atoms with Crippen molar-refractivity contribution >= 4 is 23.2 Å². The zero-order valence-corrected chi connectivity index (χ0v) is 16.8. The summed E-state index contributed by atoms with van der Waals surface area (Å²) < 4.78 is 19.6. The van der Waals surface area contributed by atoms with Crippen molar-refractivity contribution in [3.8, 4) is 5.75 Å². The molecule has 154 valence electrons. The molecular formula is C22H26FN3O3. The number of hydrogen-bond acceptors (Lipinski definition) is 4. The summed E-state index contributed by atoms with van der Waals surface area (Å²) in [4.78, 5) is 30.2. The van der Waals surface area contributed by atoms with Crippen molar-refractivity contribution in [3.63, 3.8) is 0 Å². The zero-order chi connectivity index (χ0) is 20.8. The van der Waals surface area contributed by atoms with Gasteiger partial charge in [0.2, 0.25) is 11.8 Å². The number of nitrogens with zero attached hydrogens (tertiary/aromatic N) is 3. The van der Waals surface area contributed by atoms with Crippen LogP contribution in [0.5, 0.6) is 5.75 Å². The second kappa shape index (κ2) is 9.41. The van der Waals surface area contributed by atoms with Crippen molar-refractivity contribution < 1.29 is 18.7 Å². The van der Waals surface area contributed by atoms with Gasteiger partial charge in [-0.2, -0.15) is 0 Å². The third-order valence-corrected chi connectivity index (χ3v) is 4.95. The number of halogens is 1. The van der Waals surface area contributed by atoms with Crippen LogP contribution in [-0.2, 0) is 9.59 Å². The van der Waals surface area contributed by atoms with E-state index < -0.39 is 0 Å². The topological polar surface area (TPSA) is 53.1 Å². The molecule has 1 aliphatic heterocycles. The molecule has 1 saturated heterocycles. The first-order chi connectivity index (χ1) is 14.0. The Hall–Kier alpha value is -3.09. The molecular weight excluding hydrogens is 373 g/mol. The van der Waals surface area contributed by atoms with Crippen molar-refractivity contribution in [1.82, 2.24) is 4.90 Å². The SMILES string of the molecule is CCOc1ccccc1N(CC(=O)N1CCN(c2ccccc2F)CC1)C(C)=O. The van der Waals surface area contributed by atoms with E-state index in [2.05, 4.69) is 0 Å². The van der Waals surface area contributed by atoms with E-state index in [4.69, 9.17) is 4.74 Å². The summed E-state index contributed by atoms with van der Waals surface area (Å²) in [6.45, 7) is 5.76. The Morgan fingerprint density at radius 2 is 1.69 bits per heavy atom. The van der Waals surface area contributed by atoms with Crippen LogP contribution in [0.15, 0.2) is 48.5 Å². The summed E-state index contributed by atoms with van der Waals surface area (Å²) in [6.07, 6.45) is 0. The molecule has 2 aromatic carbocycles. The molecule has 0 N–H and O–H groups in total. The number of ether oxygens (including phenoxy) is 1. The molecule has 2 amide bonds. The van der Waals surface area contributed by atoms with Gasteiger partial charge in [0.05, 0.1) is 18.0 Å². The fourth-order valence-electron chi connectivity index (χ4n) is 3.46. The van der Waals surface area contributed by atoms with Gasteiger partial charge in [-0.25, -0.2) is 4.39 Å². The fraction of sp³-hybridized carbons (Fsp3) is 0.364. The highest BCUT2D eigenvalue weighted by Crippen LogP contribution is 2.28. The van der Waals surface area contributed by atoms with Gasteiger partial charge in [0, 0.05) is 33.1 Å². The molecule has 0 radical (unpaired) electrons. The molecule has 0 saturated carbocycles. The van der Waals surface area contributed by atoms with Crippen molar-refractivity contribution in [1.29, 1.82) is 0 Å². The third kappa shape index (κ3) is 4.85. The number of carbonyl (C=O) groups is 2. The number of carbonyl (C=O) groups excluding carboxylic acids is 2. The van der Waals surface area contributed by atoms with Crippen LogP contribution in [-0.4, -0.2) is 56.0 Å². The lowest BCUT2D eigenvalue weighted by atomic mass is 10.2. The Balaban J connectivity index is 1.66. The maximum absolute atomic E-state index is 14.0. The molecule has 0 aliphatic carbocycles. The minimum atomic E-state index is -0.262. The van der Waals surface area contributed by atoms with Crippen LogP contribution in [0.3, 0.4) is 0 Å². The number of amides is 2. The van der Waals surface area contributed by atoms with Gasteiger partial charge in [-0.1, -0.05) is 24.3 Å². The van der Waals surface area contributed by atoms with Crippen LogP contribution < -0.4 is 14.5 Å². The van der Waals surface area contributed by atoms with Gasteiger partial charge in [-0.05, 0) is 31.2 Å². The van der Waals surface area contributed by atoms with E-state index in [0.29, 0.717) is 49.9 Å². The summed E-state index contributed by atoms with van der Waals surface area (Å²) in [5.41, 5.74) is 1.13. The molecule has 1 fully saturated rings. The molecule has 6 nitrogen and oxygen atoms in total. The predicted molar refractivity (Wildman–Crippen MR) is 111 cm³/mol. The van der Waals surface area contributed by atoms with Crippen molar-refractivity contribution in [2.45, 2.75) is 13.8 Å². The highest BCUT2D eigenvalue weighted by molar-refractivity contribution is 5.98. The van der Waals surface area contributed by atoms with E-state index in [1.54, 1.807) is 35.2 Å². The molecule has 2 aromatic rings. The Bertz CT molecular complexity index is 866. The molecule has 0 atom stereocenters. The van der Waals surface area contributed by atoms with Crippen molar-refractivity contribution in [3.05, 3.63) is 54.3 Å². The second-order valence-corrected chi connectivity index (χ2v) is 6.83. The molecule has 1 heterocycles. The first-order valence-electron chi connectivity index (χ1n) is 9.78. The molecule has 1 aliphatic rings. The smallest absolute Gasteiger partial charge is 0.242 e. The van der Waals surface area contributed by atoms with E-state index in [9.17, 15) is 14.0 Å². The van der Waals surface area contributed by atoms with Gasteiger partial charge < -0.3 is 14.5 Å². The van der Waals surface area contributed by atoms with Gasteiger partial charge in [-0.3, -0.25) is 14.5 Å². The highest BCUT2D eigenvalue weighted by Gasteiger charge is 2.26. The van der Waals surface area contributed by atoms with E-state index >= 15 is 0 Å². The van der Waals surface area contributed by atoms with Crippen LogP contribution >= 0.6 is 0 Å². The molecule has 0 bridgehead atoms. The molecule has 7 heteroatoms. The second-order valence-electron chi connectivity index (χ2n) is 6.83. The lowest BCUT2D eigenvalue weighted by Gasteiger charge is -2.37. The number of rotatable bonds is 6. The van der Waals surface area contributed by atoms with E-state index in [0.717, 1.165) is 0 Å². The van der Waals surface area contributed by atoms with Gasteiger partial charge in [0.15, 0.2) is 0 Å². The largest absolute Gasteiger partial charge is 0.492 e. The number of hydrogen-bond donors (Lipinski definition) is 0. The number of anilines is 2. The number of piperazine rings is 1. The Morgan fingerprint density at radius 1 is 1.03 bits per heavy atom. The Morgan fingerprint density at radius 3 is 2.34 bits per heavy atom. The molecule has 3 rings (SSSR count). The highest BCUT2D eigenvalue weighted by atomic mass is 19.1. The van der Waals surface area contributed by atoms with Crippen LogP contribution in [0.2, 0.25) is 0 Å². The third-order valence-electron chi connectivity index (χ3n) is 4.95. The van der Waals surface area contributed by atoms with Crippen LogP contribution in [0.25, 0.3) is 0 Å². The maximum Gasteiger partial charge on any atom is 0.242 e. The minimum Gasteiger partial charge on any atom is -0.492 e. The average molecular weight is 399 g/mol. The molecule has 0 unspecified atom stereocenters. The molecule has 0 aromatic heterocycles. The quantitative estimate of drug-likeness (QED) is 0.750. The first kappa shape index (κ1) is 20.6. The average Bonchev–Trinajstić information content (AvgIpc) is 2.73. The summed E-state index contributed by atoms with van der Waals surface area (Å²) in [7, 11) is 0. The summed E-state index contributed by atoms with van der Waals surface area (Å²) in [6, 6.07) is 13.8. The van der Waals surface area contributed by atoms with E-state index in [-0.39, 0.29) is 24.2 Å². The monoisotopic (exact) mass is 399 g/mol. The lowest BCUT2D eigenvalue weighted by Crippen LogP contribution is -2.52. The first-order valence-corrected chi connectivity index (χ1v) is 9.78. The maximum atomic E-state index is 14.0. The van der Waals surface area contributed by atoms with Crippen LogP contribution in [0, 0.1) is 5.82 Å². The van der Waals surface area contributed by atoms with Gasteiger partial charge in [-0.15, -0.1) is 0 Å².